The first-order valence-corrected chi connectivity index (χ1v) is 8.74. The van der Waals surface area contributed by atoms with Gasteiger partial charge in [0.2, 0.25) is 5.91 Å². The fourth-order valence-electron chi connectivity index (χ4n) is 3.28. The Balaban J connectivity index is 1.67. The van der Waals surface area contributed by atoms with E-state index in [2.05, 4.69) is 15.6 Å². The number of carbonyl (C=O) groups excluding carboxylic acids is 1. The molecule has 1 aromatic carbocycles. The van der Waals surface area contributed by atoms with Crippen molar-refractivity contribution in [3.8, 4) is 0 Å². The number of fused-ring (bicyclic) bond motifs is 1. The topological polar surface area (TPSA) is 54.0 Å². The first-order valence-electron chi connectivity index (χ1n) is 8.36. The van der Waals surface area contributed by atoms with Crippen molar-refractivity contribution in [2.24, 2.45) is 5.92 Å². The Morgan fingerprint density at radius 3 is 2.83 bits per heavy atom. The number of nitrogens with one attached hydrogen (secondary N) is 2. The van der Waals surface area contributed by atoms with E-state index in [1.165, 1.54) is 0 Å². The molecule has 126 valence electrons. The second-order valence-electron chi connectivity index (χ2n) is 6.67. The SMILES string of the molecule is O=C(Nc1cc2cc(C3CCNCC3F)c(Cl)cc2cn1)C1CC1. The summed E-state index contributed by atoms with van der Waals surface area (Å²) in [6, 6.07) is 5.61. The normalized spacial score (nSPS) is 24.1. The summed E-state index contributed by atoms with van der Waals surface area (Å²) in [6.45, 7) is 1.15. The summed E-state index contributed by atoms with van der Waals surface area (Å²) in [5, 5.41) is 8.30. The van der Waals surface area contributed by atoms with E-state index >= 15 is 0 Å². The number of benzene rings is 1. The van der Waals surface area contributed by atoms with Crippen LogP contribution < -0.4 is 10.6 Å². The van der Waals surface area contributed by atoms with Crippen molar-refractivity contribution in [3.05, 3.63) is 35.0 Å². The molecular formula is C18H19ClFN3O. The molecule has 1 aromatic heterocycles. The molecule has 4 rings (SSSR count). The van der Waals surface area contributed by atoms with Crippen LogP contribution in [-0.2, 0) is 4.79 Å². The first kappa shape index (κ1) is 15.8. The molecule has 0 radical (unpaired) electrons. The van der Waals surface area contributed by atoms with Gasteiger partial charge < -0.3 is 10.6 Å². The van der Waals surface area contributed by atoms with Crippen molar-refractivity contribution in [1.29, 1.82) is 0 Å². The van der Waals surface area contributed by atoms with Gasteiger partial charge in [-0.05, 0) is 55.0 Å². The molecule has 1 saturated heterocycles. The minimum atomic E-state index is -0.940. The third-order valence-corrected chi connectivity index (χ3v) is 5.17. The average Bonchev–Trinajstić information content (AvgIpc) is 3.40. The number of pyridine rings is 1. The van der Waals surface area contributed by atoms with Crippen molar-refractivity contribution in [2.45, 2.75) is 31.4 Å². The molecule has 2 aromatic rings. The van der Waals surface area contributed by atoms with Crippen LogP contribution in [0, 0.1) is 5.92 Å². The zero-order valence-corrected chi connectivity index (χ0v) is 13.9. The summed E-state index contributed by atoms with van der Waals surface area (Å²) in [5.41, 5.74) is 0.837. The van der Waals surface area contributed by atoms with E-state index < -0.39 is 6.17 Å². The van der Waals surface area contributed by atoms with Crippen molar-refractivity contribution < 1.29 is 9.18 Å². The summed E-state index contributed by atoms with van der Waals surface area (Å²) in [4.78, 5) is 16.2. The number of rotatable bonds is 3. The summed E-state index contributed by atoms with van der Waals surface area (Å²) in [7, 11) is 0. The second kappa shape index (κ2) is 6.30. The molecule has 1 aliphatic carbocycles. The molecule has 1 saturated carbocycles. The molecule has 2 N–H and O–H groups in total. The molecule has 0 spiro atoms. The zero-order valence-electron chi connectivity index (χ0n) is 13.2. The van der Waals surface area contributed by atoms with Gasteiger partial charge in [-0.3, -0.25) is 4.79 Å². The molecule has 0 bridgehead atoms. The zero-order chi connectivity index (χ0) is 16.7. The Morgan fingerprint density at radius 1 is 1.25 bits per heavy atom. The Labute approximate surface area is 144 Å². The molecule has 2 fully saturated rings. The number of amides is 1. The fraction of sp³-hybridized carbons (Fsp3) is 0.444. The largest absolute Gasteiger partial charge is 0.314 e. The lowest BCUT2D eigenvalue weighted by Crippen LogP contribution is -2.36. The molecule has 24 heavy (non-hydrogen) atoms. The van der Waals surface area contributed by atoms with Gasteiger partial charge in [0.1, 0.15) is 12.0 Å². The van der Waals surface area contributed by atoms with E-state index in [0.29, 0.717) is 17.4 Å². The molecule has 2 unspecified atom stereocenters. The van der Waals surface area contributed by atoms with Crippen LogP contribution in [0.2, 0.25) is 5.02 Å². The second-order valence-corrected chi connectivity index (χ2v) is 7.08. The van der Waals surface area contributed by atoms with Crippen molar-refractivity contribution in [1.82, 2.24) is 10.3 Å². The molecular weight excluding hydrogens is 329 g/mol. The maximum atomic E-state index is 14.3. The maximum Gasteiger partial charge on any atom is 0.228 e. The lowest BCUT2D eigenvalue weighted by molar-refractivity contribution is -0.117. The molecule has 2 aliphatic rings. The molecule has 1 aliphatic heterocycles. The van der Waals surface area contributed by atoms with E-state index in [1.807, 2.05) is 18.2 Å². The van der Waals surface area contributed by atoms with Gasteiger partial charge in [0.15, 0.2) is 0 Å². The monoisotopic (exact) mass is 347 g/mol. The Morgan fingerprint density at radius 2 is 2.08 bits per heavy atom. The van der Waals surface area contributed by atoms with E-state index in [-0.39, 0.29) is 17.7 Å². The standard InChI is InChI=1S/C18H19ClFN3O/c19-15-6-12-8-22-17(23-18(24)10-1-2-10)7-11(12)5-14(15)13-3-4-21-9-16(13)20/h5-8,10,13,16,21H,1-4,9H2,(H,22,23,24). The highest BCUT2D eigenvalue weighted by atomic mass is 35.5. The highest BCUT2D eigenvalue weighted by molar-refractivity contribution is 6.32. The van der Waals surface area contributed by atoms with Crippen LogP contribution in [0.1, 0.15) is 30.7 Å². The van der Waals surface area contributed by atoms with Crippen LogP contribution in [0.15, 0.2) is 24.4 Å². The van der Waals surface area contributed by atoms with Crippen LogP contribution in [0.3, 0.4) is 0 Å². The van der Waals surface area contributed by atoms with E-state index in [0.717, 1.165) is 42.1 Å². The van der Waals surface area contributed by atoms with Crippen molar-refractivity contribution in [2.75, 3.05) is 18.4 Å². The lowest BCUT2D eigenvalue weighted by Gasteiger charge is -2.28. The van der Waals surface area contributed by atoms with Gasteiger partial charge in [-0.1, -0.05) is 11.6 Å². The fourth-order valence-corrected chi connectivity index (χ4v) is 3.59. The van der Waals surface area contributed by atoms with Crippen molar-refractivity contribution in [3.63, 3.8) is 0 Å². The molecule has 1 amide bonds. The molecule has 2 atom stereocenters. The summed E-state index contributed by atoms with van der Waals surface area (Å²) < 4.78 is 14.3. The van der Waals surface area contributed by atoms with Gasteiger partial charge in [-0.15, -0.1) is 0 Å². The molecule has 4 nitrogen and oxygen atoms in total. The number of piperidine rings is 1. The number of aromatic nitrogens is 1. The summed E-state index contributed by atoms with van der Waals surface area (Å²) in [6.07, 6.45) is 3.38. The maximum absolute atomic E-state index is 14.3. The van der Waals surface area contributed by atoms with Gasteiger partial charge in [-0.25, -0.2) is 9.37 Å². The van der Waals surface area contributed by atoms with E-state index in [4.69, 9.17) is 11.6 Å². The Hall–Kier alpha value is -1.72. The van der Waals surface area contributed by atoms with Crippen LogP contribution >= 0.6 is 11.6 Å². The van der Waals surface area contributed by atoms with Gasteiger partial charge in [0.05, 0.1) is 0 Å². The number of alkyl halides is 1. The van der Waals surface area contributed by atoms with E-state index in [1.54, 1.807) is 6.20 Å². The molecule has 2 heterocycles. The smallest absolute Gasteiger partial charge is 0.228 e. The average molecular weight is 348 g/mol. The van der Waals surface area contributed by atoms with E-state index in [9.17, 15) is 9.18 Å². The Kier molecular flexibility index (Phi) is 4.14. The number of carbonyl (C=O) groups is 1. The van der Waals surface area contributed by atoms with Gasteiger partial charge in [0, 0.05) is 35.0 Å². The predicted octanol–water partition coefficient (Wildman–Crippen LogP) is 3.65. The van der Waals surface area contributed by atoms with Crippen LogP contribution in [0.4, 0.5) is 10.2 Å². The predicted molar refractivity (Wildman–Crippen MR) is 93.2 cm³/mol. The quantitative estimate of drug-likeness (QED) is 0.891. The molecule has 6 heteroatoms. The third kappa shape index (κ3) is 3.10. The number of anilines is 1. The number of hydrogen-bond acceptors (Lipinski definition) is 3. The van der Waals surface area contributed by atoms with Gasteiger partial charge in [-0.2, -0.15) is 0 Å². The minimum Gasteiger partial charge on any atom is -0.314 e. The van der Waals surface area contributed by atoms with Crippen LogP contribution in [-0.4, -0.2) is 30.2 Å². The number of hydrogen-bond donors (Lipinski definition) is 2. The van der Waals surface area contributed by atoms with Crippen molar-refractivity contribution >= 4 is 34.1 Å². The number of halogens is 2. The summed E-state index contributed by atoms with van der Waals surface area (Å²) >= 11 is 6.39. The third-order valence-electron chi connectivity index (χ3n) is 4.84. The minimum absolute atomic E-state index is 0.0261. The number of nitrogens with zero attached hydrogens (tertiary/aromatic N) is 1. The first-order chi connectivity index (χ1) is 11.6. The highest BCUT2D eigenvalue weighted by Crippen LogP contribution is 2.36. The Bertz CT molecular complexity index is 793. The van der Waals surface area contributed by atoms with Gasteiger partial charge in [0.25, 0.3) is 0 Å². The lowest BCUT2D eigenvalue weighted by atomic mass is 9.87. The highest BCUT2D eigenvalue weighted by Gasteiger charge is 2.30. The van der Waals surface area contributed by atoms with Crippen LogP contribution in [0.5, 0.6) is 0 Å². The summed E-state index contributed by atoms with van der Waals surface area (Å²) in [5.74, 6) is 0.499. The van der Waals surface area contributed by atoms with Crippen LogP contribution in [0.25, 0.3) is 10.8 Å². The van der Waals surface area contributed by atoms with Gasteiger partial charge >= 0.3 is 0 Å².